The Bertz CT molecular complexity index is 906. The molecule has 138 valence electrons. The number of nitrogens with zero attached hydrogens (tertiary/aromatic N) is 1. The first-order chi connectivity index (χ1) is 12.3. The molecule has 0 aliphatic heterocycles. The number of sulfonamides is 1. The number of amides is 2. The van der Waals surface area contributed by atoms with Crippen LogP contribution >= 0.6 is 0 Å². The van der Waals surface area contributed by atoms with Gasteiger partial charge in [-0.1, -0.05) is 25.1 Å². The predicted molar refractivity (Wildman–Crippen MR) is 98.1 cm³/mol. The van der Waals surface area contributed by atoms with Crippen LogP contribution < -0.4 is 10.9 Å². The molecule has 7 nitrogen and oxygen atoms in total. The maximum Gasteiger partial charge on any atom is 0.269 e. The van der Waals surface area contributed by atoms with Crippen LogP contribution in [0, 0.1) is 0 Å². The number of nitrogens with one attached hydrogen (secondary N) is 2. The summed E-state index contributed by atoms with van der Waals surface area (Å²) in [6.07, 6.45) is 0.866. The van der Waals surface area contributed by atoms with E-state index < -0.39 is 21.8 Å². The topological polar surface area (TPSA) is 95.6 Å². The summed E-state index contributed by atoms with van der Waals surface area (Å²) < 4.78 is 25.3. The quantitative estimate of drug-likeness (QED) is 0.776. The van der Waals surface area contributed by atoms with Gasteiger partial charge in [0.15, 0.2) is 0 Å². The second-order valence-corrected chi connectivity index (χ2v) is 7.93. The van der Waals surface area contributed by atoms with Gasteiger partial charge < -0.3 is 0 Å². The highest BCUT2D eigenvalue weighted by Crippen LogP contribution is 2.14. The molecule has 2 rings (SSSR count). The Morgan fingerprint density at radius 3 is 2.04 bits per heavy atom. The highest BCUT2D eigenvalue weighted by atomic mass is 32.2. The first kappa shape index (κ1) is 19.6. The van der Waals surface area contributed by atoms with Gasteiger partial charge in [-0.2, -0.15) is 0 Å². The molecule has 0 aliphatic carbocycles. The molecule has 2 N–H and O–H groups in total. The molecule has 8 heteroatoms. The lowest BCUT2D eigenvalue weighted by atomic mass is 10.1. The third-order valence-electron chi connectivity index (χ3n) is 3.79. The number of rotatable bonds is 5. The average Bonchev–Trinajstić information content (AvgIpc) is 2.65. The van der Waals surface area contributed by atoms with Gasteiger partial charge in [-0.25, -0.2) is 12.7 Å². The molecule has 26 heavy (non-hydrogen) atoms. The Morgan fingerprint density at radius 1 is 0.923 bits per heavy atom. The van der Waals surface area contributed by atoms with Gasteiger partial charge in [-0.05, 0) is 42.3 Å². The van der Waals surface area contributed by atoms with Crippen molar-refractivity contribution in [2.75, 3.05) is 14.1 Å². The zero-order valence-corrected chi connectivity index (χ0v) is 15.6. The summed E-state index contributed by atoms with van der Waals surface area (Å²) in [7, 11) is -0.830. The van der Waals surface area contributed by atoms with Gasteiger partial charge in [-0.15, -0.1) is 0 Å². The summed E-state index contributed by atoms with van der Waals surface area (Å²) >= 11 is 0. The first-order valence-electron chi connectivity index (χ1n) is 7.98. The lowest BCUT2D eigenvalue weighted by Gasteiger charge is -2.12. The fourth-order valence-electron chi connectivity index (χ4n) is 2.16. The van der Waals surface area contributed by atoms with E-state index in [1.54, 1.807) is 12.1 Å². The third-order valence-corrected chi connectivity index (χ3v) is 5.60. The first-order valence-corrected chi connectivity index (χ1v) is 9.42. The maximum absolute atomic E-state index is 12.2. The van der Waals surface area contributed by atoms with Crippen LogP contribution in [0.25, 0.3) is 0 Å². The van der Waals surface area contributed by atoms with E-state index in [4.69, 9.17) is 0 Å². The van der Waals surface area contributed by atoms with E-state index in [1.165, 1.54) is 38.4 Å². The molecule has 0 radical (unpaired) electrons. The van der Waals surface area contributed by atoms with Crippen molar-refractivity contribution >= 4 is 21.8 Å². The van der Waals surface area contributed by atoms with Crippen LogP contribution in [0.3, 0.4) is 0 Å². The van der Waals surface area contributed by atoms with Gasteiger partial charge in [0, 0.05) is 25.2 Å². The van der Waals surface area contributed by atoms with Crippen molar-refractivity contribution in [1.82, 2.24) is 15.2 Å². The molecule has 0 unspecified atom stereocenters. The number of hydrogen-bond donors (Lipinski definition) is 2. The average molecular weight is 375 g/mol. The molecule has 0 bridgehead atoms. The molecule has 0 spiro atoms. The van der Waals surface area contributed by atoms with Crippen molar-refractivity contribution in [3.05, 3.63) is 65.2 Å². The second-order valence-electron chi connectivity index (χ2n) is 5.77. The Morgan fingerprint density at radius 2 is 1.50 bits per heavy atom. The standard InChI is InChI=1S/C18H21N3O4S/c1-4-13-8-10-14(11-9-13)17(22)19-20-18(23)15-6-5-7-16(12-15)26(24,25)21(2)3/h5-12H,4H2,1-3H3,(H,19,22)(H,20,23). The van der Waals surface area contributed by atoms with Crippen molar-refractivity contribution in [3.8, 4) is 0 Å². The lowest BCUT2D eigenvalue weighted by molar-refractivity contribution is 0.0846. The number of hydrazine groups is 1. The fraction of sp³-hybridized carbons (Fsp3) is 0.222. The number of benzene rings is 2. The van der Waals surface area contributed by atoms with Gasteiger partial charge in [0.2, 0.25) is 10.0 Å². The van der Waals surface area contributed by atoms with E-state index in [0.717, 1.165) is 16.3 Å². The molecule has 0 saturated carbocycles. The Hall–Kier alpha value is -2.71. The highest BCUT2D eigenvalue weighted by Gasteiger charge is 2.19. The summed E-state index contributed by atoms with van der Waals surface area (Å²) in [5.74, 6) is -1.07. The summed E-state index contributed by atoms with van der Waals surface area (Å²) in [4.78, 5) is 24.3. The minimum absolute atomic E-state index is 0.00312. The molecule has 2 amide bonds. The van der Waals surface area contributed by atoms with Crippen LogP contribution in [0.1, 0.15) is 33.2 Å². The summed E-state index contributed by atoms with van der Waals surface area (Å²) in [6.45, 7) is 2.01. The van der Waals surface area contributed by atoms with Crippen molar-refractivity contribution in [1.29, 1.82) is 0 Å². The fourth-order valence-corrected chi connectivity index (χ4v) is 3.11. The van der Waals surface area contributed by atoms with Gasteiger partial charge in [-0.3, -0.25) is 20.4 Å². The van der Waals surface area contributed by atoms with E-state index >= 15 is 0 Å². The molecular weight excluding hydrogens is 354 g/mol. The zero-order chi connectivity index (χ0) is 19.3. The summed E-state index contributed by atoms with van der Waals surface area (Å²) in [6, 6.07) is 12.6. The molecule has 0 aliphatic rings. The molecule has 0 saturated heterocycles. The van der Waals surface area contributed by atoms with Gasteiger partial charge in [0.05, 0.1) is 4.90 Å². The third kappa shape index (κ3) is 4.47. The molecular formula is C18H21N3O4S. The largest absolute Gasteiger partial charge is 0.269 e. The van der Waals surface area contributed by atoms with Crippen molar-refractivity contribution in [3.63, 3.8) is 0 Å². The van der Waals surface area contributed by atoms with Crippen molar-refractivity contribution in [2.24, 2.45) is 0 Å². The number of carbonyl (C=O) groups is 2. The van der Waals surface area contributed by atoms with Crippen molar-refractivity contribution in [2.45, 2.75) is 18.2 Å². The monoisotopic (exact) mass is 375 g/mol. The Balaban J connectivity index is 2.07. The second kappa shape index (κ2) is 8.11. The number of carbonyl (C=O) groups excluding carboxylic acids is 2. The van der Waals surface area contributed by atoms with Crippen LogP contribution in [0.15, 0.2) is 53.4 Å². The molecule has 2 aromatic carbocycles. The van der Waals surface area contributed by atoms with Crippen LogP contribution in [0.5, 0.6) is 0 Å². The molecule has 0 fully saturated rings. The minimum atomic E-state index is -3.65. The lowest BCUT2D eigenvalue weighted by Crippen LogP contribution is -2.41. The smallest absolute Gasteiger partial charge is 0.267 e. The minimum Gasteiger partial charge on any atom is -0.267 e. The van der Waals surface area contributed by atoms with Gasteiger partial charge in [0.25, 0.3) is 11.8 Å². The Kier molecular flexibility index (Phi) is 6.12. The number of hydrogen-bond acceptors (Lipinski definition) is 4. The van der Waals surface area contributed by atoms with Crippen LogP contribution in [0.4, 0.5) is 0 Å². The molecule has 0 atom stereocenters. The number of aryl methyl sites for hydroxylation is 1. The summed E-state index contributed by atoms with van der Waals surface area (Å²) in [5, 5.41) is 0. The molecule has 2 aromatic rings. The predicted octanol–water partition coefficient (Wildman–Crippen LogP) is 1.57. The van der Waals surface area contributed by atoms with Crippen LogP contribution in [-0.2, 0) is 16.4 Å². The Labute approximate surface area is 153 Å². The van der Waals surface area contributed by atoms with Crippen LogP contribution in [-0.4, -0.2) is 38.6 Å². The van der Waals surface area contributed by atoms with Gasteiger partial charge in [0.1, 0.15) is 0 Å². The van der Waals surface area contributed by atoms with Gasteiger partial charge >= 0.3 is 0 Å². The van der Waals surface area contributed by atoms with Crippen LogP contribution in [0.2, 0.25) is 0 Å². The molecule has 0 aromatic heterocycles. The maximum atomic E-state index is 12.2. The van der Waals surface area contributed by atoms with E-state index in [0.29, 0.717) is 5.56 Å². The zero-order valence-electron chi connectivity index (χ0n) is 14.8. The van der Waals surface area contributed by atoms with Crippen molar-refractivity contribution < 1.29 is 18.0 Å². The highest BCUT2D eigenvalue weighted by molar-refractivity contribution is 7.89. The van der Waals surface area contributed by atoms with E-state index in [1.807, 2.05) is 19.1 Å². The van der Waals surface area contributed by atoms with E-state index in [2.05, 4.69) is 10.9 Å². The van der Waals surface area contributed by atoms with E-state index in [9.17, 15) is 18.0 Å². The summed E-state index contributed by atoms with van der Waals surface area (Å²) in [5.41, 5.74) is 6.23. The SMILES string of the molecule is CCc1ccc(C(=O)NNC(=O)c2cccc(S(=O)(=O)N(C)C)c2)cc1. The normalized spacial score (nSPS) is 11.2. The molecule has 0 heterocycles. The van der Waals surface area contributed by atoms with E-state index in [-0.39, 0.29) is 10.5 Å².